The van der Waals surface area contributed by atoms with E-state index in [4.69, 9.17) is 18.9 Å². The highest BCUT2D eigenvalue weighted by atomic mass is 127. The van der Waals surface area contributed by atoms with Crippen LogP contribution in [0.3, 0.4) is 0 Å². The van der Waals surface area contributed by atoms with Crippen LogP contribution in [0, 0.1) is 0 Å². The molecule has 0 rings (SSSR count). The van der Waals surface area contributed by atoms with E-state index in [0.717, 1.165) is 24.1 Å². The monoisotopic (exact) mass is 388 g/mol. The molecule has 19 heavy (non-hydrogen) atoms. The lowest BCUT2D eigenvalue weighted by atomic mass is 10.2. The smallest absolute Gasteiger partial charge is 0.0701 e. The molecule has 0 saturated heterocycles. The Morgan fingerprint density at radius 1 is 0.579 bits per heavy atom. The number of hydrogen-bond donors (Lipinski definition) is 0. The molecule has 0 aliphatic carbocycles. The SMILES string of the molecule is CCCCCCOCCOCCOCCOCCI. The molecule has 0 aromatic carbocycles. The average Bonchev–Trinajstić information content (AvgIpc) is 2.43. The molecule has 0 heterocycles. The first-order valence-electron chi connectivity index (χ1n) is 7.28. The van der Waals surface area contributed by atoms with Crippen molar-refractivity contribution in [2.45, 2.75) is 32.6 Å². The molecule has 0 fully saturated rings. The molecule has 0 radical (unpaired) electrons. The van der Waals surface area contributed by atoms with Crippen LogP contribution < -0.4 is 0 Å². The number of ether oxygens (including phenoxy) is 4. The van der Waals surface area contributed by atoms with Crippen LogP contribution in [0.2, 0.25) is 0 Å². The van der Waals surface area contributed by atoms with Gasteiger partial charge in [0.25, 0.3) is 0 Å². The van der Waals surface area contributed by atoms with Gasteiger partial charge in [0.2, 0.25) is 0 Å². The topological polar surface area (TPSA) is 36.9 Å². The van der Waals surface area contributed by atoms with Crippen molar-refractivity contribution in [2.75, 3.05) is 57.3 Å². The van der Waals surface area contributed by atoms with Gasteiger partial charge in [0.15, 0.2) is 0 Å². The zero-order valence-corrected chi connectivity index (χ0v) is 14.4. The van der Waals surface area contributed by atoms with Gasteiger partial charge < -0.3 is 18.9 Å². The summed E-state index contributed by atoms with van der Waals surface area (Å²) in [6.45, 7) is 7.79. The standard InChI is InChI=1S/C14H29IO4/c1-2-3-4-5-7-16-9-11-18-13-14-19-12-10-17-8-6-15/h2-14H2,1H3. The highest BCUT2D eigenvalue weighted by molar-refractivity contribution is 14.1. The summed E-state index contributed by atoms with van der Waals surface area (Å²) in [6.07, 6.45) is 5.00. The zero-order chi connectivity index (χ0) is 14.0. The fourth-order valence-electron chi connectivity index (χ4n) is 1.45. The van der Waals surface area contributed by atoms with Gasteiger partial charge in [0.05, 0.1) is 46.2 Å². The molecular formula is C14H29IO4. The summed E-state index contributed by atoms with van der Waals surface area (Å²) < 4.78 is 22.5. The Morgan fingerprint density at radius 3 is 1.53 bits per heavy atom. The number of hydrogen-bond acceptors (Lipinski definition) is 4. The van der Waals surface area contributed by atoms with Crippen molar-refractivity contribution >= 4 is 22.6 Å². The van der Waals surface area contributed by atoms with Gasteiger partial charge in [-0.25, -0.2) is 0 Å². The summed E-state index contributed by atoms with van der Waals surface area (Å²) in [6, 6.07) is 0. The maximum atomic E-state index is 5.47. The lowest BCUT2D eigenvalue weighted by Crippen LogP contribution is -2.12. The van der Waals surface area contributed by atoms with Crippen molar-refractivity contribution in [3.63, 3.8) is 0 Å². The van der Waals surface area contributed by atoms with Gasteiger partial charge >= 0.3 is 0 Å². The Kier molecular flexibility index (Phi) is 19.1. The molecule has 0 spiro atoms. The van der Waals surface area contributed by atoms with E-state index in [0.29, 0.717) is 39.6 Å². The summed E-state index contributed by atoms with van der Waals surface area (Å²) in [5, 5.41) is 0. The van der Waals surface area contributed by atoms with Crippen LogP contribution in [0.1, 0.15) is 32.6 Å². The molecule has 5 heteroatoms. The molecule has 0 saturated carbocycles. The molecule has 0 amide bonds. The Morgan fingerprint density at radius 2 is 1.05 bits per heavy atom. The summed E-state index contributed by atoms with van der Waals surface area (Å²) in [7, 11) is 0. The van der Waals surface area contributed by atoms with Crippen LogP contribution in [0.15, 0.2) is 0 Å². The Hall–Kier alpha value is 0.570. The number of alkyl halides is 1. The van der Waals surface area contributed by atoms with Crippen LogP contribution >= 0.6 is 22.6 Å². The molecule has 0 aromatic rings. The van der Waals surface area contributed by atoms with Gasteiger partial charge in [-0.05, 0) is 6.42 Å². The third-order valence-corrected chi connectivity index (χ3v) is 2.92. The molecule has 0 N–H and O–H groups in total. The third-order valence-electron chi connectivity index (χ3n) is 2.48. The third kappa shape index (κ3) is 18.6. The van der Waals surface area contributed by atoms with E-state index in [9.17, 15) is 0 Å². The summed E-state index contributed by atoms with van der Waals surface area (Å²) >= 11 is 2.29. The molecule has 0 atom stereocenters. The quantitative estimate of drug-likeness (QED) is 0.231. The summed E-state index contributed by atoms with van der Waals surface area (Å²) in [4.78, 5) is 0. The molecule has 116 valence electrons. The molecule has 0 aromatic heterocycles. The molecule has 0 aliphatic rings. The van der Waals surface area contributed by atoms with Crippen LogP contribution in [0.5, 0.6) is 0 Å². The zero-order valence-electron chi connectivity index (χ0n) is 12.2. The van der Waals surface area contributed by atoms with Crippen molar-refractivity contribution in [1.29, 1.82) is 0 Å². The second-order valence-corrected chi connectivity index (χ2v) is 5.28. The van der Waals surface area contributed by atoms with Crippen LogP contribution in [0.4, 0.5) is 0 Å². The average molecular weight is 388 g/mol. The van der Waals surface area contributed by atoms with Crippen molar-refractivity contribution < 1.29 is 18.9 Å². The van der Waals surface area contributed by atoms with E-state index < -0.39 is 0 Å². The maximum Gasteiger partial charge on any atom is 0.0701 e. The van der Waals surface area contributed by atoms with Gasteiger partial charge in [-0.15, -0.1) is 0 Å². The first-order valence-corrected chi connectivity index (χ1v) is 8.81. The predicted molar refractivity (Wildman–Crippen MR) is 86.3 cm³/mol. The number of unbranched alkanes of at least 4 members (excludes halogenated alkanes) is 3. The van der Waals surface area contributed by atoms with Gasteiger partial charge in [-0.1, -0.05) is 48.8 Å². The minimum absolute atomic E-state index is 0.629. The highest BCUT2D eigenvalue weighted by Crippen LogP contribution is 1.98. The van der Waals surface area contributed by atoms with Gasteiger partial charge in [0, 0.05) is 11.0 Å². The van der Waals surface area contributed by atoms with Crippen LogP contribution in [-0.4, -0.2) is 57.3 Å². The van der Waals surface area contributed by atoms with Crippen molar-refractivity contribution in [2.24, 2.45) is 0 Å². The minimum Gasteiger partial charge on any atom is -0.379 e. The van der Waals surface area contributed by atoms with E-state index in [1.165, 1.54) is 19.3 Å². The Bertz CT molecular complexity index is 142. The molecule has 4 nitrogen and oxygen atoms in total. The van der Waals surface area contributed by atoms with Gasteiger partial charge in [-0.2, -0.15) is 0 Å². The van der Waals surface area contributed by atoms with E-state index in [1.807, 2.05) is 0 Å². The van der Waals surface area contributed by atoms with Crippen molar-refractivity contribution in [3.05, 3.63) is 0 Å². The maximum absolute atomic E-state index is 5.47. The molecule has 0 aliphatic heterocycles. The van der Waals surface area contributed by atoms with Crippen LogP contribution in [0.25, 0.3) is 0 Å². The lowest BCUT2D eigenvalue weighted by Gasteiger charge is -2.07. The van der Waals surface area contributed by atoms with E-state index in [1.54, 1.807) is 0 Å². The van der Waals surface area contributed by atoms with E-state index in [-0.39, 0.29) is 0 Å². The summed E-state index contributed by atoms with van der Waals surface area (Å²) in [5.41, 5.74) is 0. The fraction of sp³-hybridized carbons (Fsp3) is 1.00. The second kappa shape index (κ2) is 18.6. The predicted octanol–water partition coefficient (Wildman–Crippen LogP) is 3.07. The van der Waals surface area contributed by atoms with Crippen molar-refractivity contribution in [1.82, 2.24) is 0 Å². The van der Waals surface area contributed by atoms with E-state index >= 15 is 0 Å². The molecule has 0 bridgehead atoms. The lowest BCUT2D eigenvalue weighted by molar-refractivity contribution is -0.000450. The van der Waals surface area contributed by atoms with Gasteiger partial charge in [-0.3, -0.25) is 0 Å². The normalized spacial score (nSPS) is 11.1. The first-order chi connectivity index (χ1) is 9.41. The van der Waals surface area contributed by atoms with Gasteiger partial charge in [0.1, 0.15) is 0 Å². The second-order valence-electron chi connectivity index (χ2n) is 4.20. The number of halogens is 1. The highest BCUT2D eigenvalue weighted by Gasteiger charge is 1.92. The molecule has 0 unspecified atom stereocenters. The van der Waals surface area contributed by atoms with Crippen LogP contribution in [-0.2, 0) is 18.9 Å². The Balaban J connectivity index is 2.88. The first kappa shape index (κ1) is 19.6. The fourth-order valence-corrected chi connectivity index (χ4v) is 1.76. The minimum atomic E-state index is 0.629. The summed E-state index contributed by atoms with van der Waals surface area (Å²) in [5.74, 6) is 0. The molecular weight excluding hydrogens is 359 g/mol. The largest absolute Gasteiger partial charge is 0.379 e. The van der Waals surface area contributed by atoms with E-state index in [2.05, 4.69) is 29.5 Å². The number of rotatable bonds is 16. The van der Waals surface area contributed by atoms with Crippen molar-refractivity contribution in [3.8, 4) is 0 Å². The Labute approximate surface area is 131 Å².